The third-order valence-corrected chi connectivity index (χ3v) is 20.9. The van der Waals surface area contributed by atoms with Crippen LogP contribution in [0, 0.1) is 16.2 Å². The van der Waals surface area contributed by atoms with Gasteiger partial charge < -0.3 is 24.8 Å². The van der Waals surface area contributed by atoms with Gasteiger partial charge in [-0.1, -0.05) is 0 Å². The van der Waals surface area contributed by atoms with Gasteiger partial charge in [0.1, 0.15) is 0 Å². The van der Waals surface area contributed by atoms with E-state index in [1.807, 2.05) is 0 Å². The van der Waals surface area contributed by atoms with Crippen LogP contribution < -0.4 is 24.8 Å². The van der Waals surface area contributed by atoms with Gasteiger partial charge in [-0.3, -0.25) is 0 Å². The second-order valence-electron chi connectivity index (χ2n) is 20.8. The van der Waals surface area contributed by atoms with E-state index in [4.69, 9.17) is 0 Å². The molecule has 290 valence electrons. The first-order valence-electron chi connectivity index (χ1n) is 20.3. The predicted molar refractivity (Wildman–Crippen MR) is 231 cm³/mol. The molecule has 0 saturated carbocycles. The quantitative estimate of drug-likeness (QED) is 0.194. The van der Waals surface area contributed by atoms with Crippen LogP contribution in [0.25, 0.3) is 22.3 Å². The molecule has 0 atom stereocenters. The van der Waals surface area contributed by atoms with Gasteiger partial charge in [-0.25, -0.2) is 0 Å². The van der Waals surface area contributed by atoms with Crippen molar-refractivity contribution in [1.29, 1.82) is 0 Å². The maximum Gasteiger partial charge on any atom is -1.00 e. The van der Waals surface area contributed by atoms with Gasteiger partial charge in [0.05, 0.1) is 0 Å². The fourth-order valence-corrected chi connectivity index (χ4v) is 18.9. The van der Waals surface area contributed by atoms with Crippen LogP contribution in [0.5, 0.6) is 0 Å². The van der Waals surface area contributed by atoms with E-state index < -0.39 is 21.3 Å². The molecule has 0 bridgehead atoms. The summed E-state index contributed by atoms with van der Waals surface area (Å²) in [5.41, 5.74) is 19.5. The Balaban J connectivity index is 0.00000266. The molecule has 4 aliphatic rings. The first kappa shape index (κ1) is 42.8. The third kappa shape index (κ3) is 7.16. The van der Waals surface area contributed by atoms with Crippen LogP contribution in [0.3, 0.4) is 0 Å². The summed E-state index contributed by atoms with van der Waals surface area (Å²) >= 11 is -2.94. The van der Waals surface area contributed by atoms with Crippen molar-refractivity contribution < 1.29 is 46.1 Å². The van der Waals surface area contributed by atoms with Crippen LogP contribution in [0.1, 0.15) is 145 Å². The number of hydrogen-bond acceptors (Lipinski definition) is 0. The molecule has 0 amide bonds. The number of halogens is 2. The van der Waals surface area contributed by atoms with Crippen LogP contribution in [0.2, 0.25) is 0 Å². The van der Waals surface area contributed by atoms with E-state index in [9.17, 15) is 0 Å². The monoisotopic (exact) mass is 856 g/mol. The molecule has 56 heavy (non-hydrogen) atoms. The number of allylic oxidation sites excluding steroid dienone is 8. The molecule has 3 heteroatoms. The van der Waals surface area contributed by atoms with Crippen molar-refractivity contribution in [2.75, 3.05) is 0 Å². The minimum absolute atomic E-state index is 0. The molecule has 0 spiro atoms. The summed E-state index contributed by atoms with van der Waals surface area (Å²) in [7, 11) is 0. The standard InChI is InChI=1S/C31H37.C13H10.C9H13.2ClH.Zr/c1-28(2,3)26-16-30(7,8)24-12-18-11-19-13-25-23(15-21(19)20(18)14-22(24)26)27(29(4,5)6)17-31(25,9)10;1-3-7-12(8-4-1)11-13-9-5-2-6-10-13;1-9(2,3)8-6-4-5-7-8;;;/h11-17H,1-10H3;1-10H;6-7H,4H2,1-3H3;2*1H;/q;;;;;+2/p-2. The summed E-state index contributed by atoms with van der Waals surface area (Å²) in [4.78, 5) is 0. The molecular formula is C53H60Cl2Zr. The van der Waals surface area contributed by atoms with Gasteiger partial charge >= 0.3 is 336 Å². The first-order chi connectivity index (χ1) is 25.2. The van der Waals surface area contributed by atoms with Crippen molar-refractivity contribution in [3.63, 3.8) is 0 Å². The number of benzene rings is 4. The molecule has 0 nitrogen and oxygen atoms in total. The van der Waals surface area contributed by atoms with Gasteiger partial charge in [0.2, 0.25) is 0 Å². The van der Waals surface area contributed by atoms with Gasteiger partial charge in [-0.2, -0.15) is 0 Å². The van der Waals surface area contributed by atoms with Gasteiger partial charge in [0, 0.05) is 0 Å². The second-order valence-corrected chi connectivity index (χ2v) is 27.0. The Morgan fingerprint density at radius 1 is 0.554 bits per heavy atom. The molecule has 0 radical (unpaired) electrons. The molecule has 8 rings (SSSR count). The Labute approximate surface area is 358 Å². The minimum Gasteiger partial charge on any atom is -1.00 e. The predicted octanol–water partition coefficient (Wildman–Crippen LogP) is 8.35. The van der Waals surface area contributed by atoms with Gasteiger partial charge in [-0.05, 0) is 0 Å². The van der Waals surface area contributed by atoms with Crippen LogP contribution >= 0.6 is 0 Å². The maximum atomic E-state index is 2.71. The van der Waals surface area contributed by atoms with E-state index in [1.54, 1.807) is 17.6 Å². The van der Waals surface area contributed by atoms with Crippen molar-refractivity contribution in [3.8, 4) is 11.1 Å². The van der Waals surface area contributed by atoms with E-state index in [1.165, 1.54) is 61.2 Å². The van der Waals surface area contributed by atoms with Crippen molar-refractivity contribution in [2.45, 2.75) is 111 Å². The zero-order chi connectivity index (χ0) is 38.7. The van der Waals surface area contributed by atoms with Gasteiger partial charge in [0.15, 0.2) is 0 Å². The average molecular weight is 859 g/mol. The molecular weight excluding hydrogens is 799 g/mol. The average Bonchev–Trinajstić information content (AvgIpc) is 3.83. The Kier molecular flexibility index (Phi) is 11.1. The molecule has 4 aliphatic carbocycles. The summed E-state index contributed by atoms with van der Waals surface area (Å²) in [5, 5.41) is 0. The summed E-state index contributed by atoms with van der Waals surface area (Å²) < 4.78 is 3.69. The van der Waals surface area contributed by atoms with Crippen LogP contribution in [-0.4, -0.2) is 3.21 Å². The molecule has 4 aromatic carbocycles. The Bertz CT molecular complexity index is 2230. The number of hydrogen-bond donors (Lipinski definition) is 0. The summed E-state index contributed by atoms with van der Waals surface area (Å²) in [6.07, 6.45) is 11.5. The zero-order valence-corrected chi connectivity index (χ0v) is 39.9. The number of fused-ring (bicyclic) bond motifs is 5. The third-order valence-electron chi connectivity index (χ3n) is 12.7. The molecule has 0 fully saturated rings. The van der Waals surface area contributed by atoms with E-state index in [2.05, 4.69) is 199 Å². The molecule has 0 aliphatic heterocycles. The molecule has 0 N–H and O–H groups in total. The normalized spacial score (nSPS) is 17.5. The van der Waals surface area contributed by atoms with Crippen LogP contribution in [-0.2, 0) is 32.1 Å². The molecule has 0 heterocycles. The van der Waals surface area contributed by atoms with Crippen LogP contribution in [0.4, 0.5) is 0 Å². The van der Waals surface area contributed by atoms with Crippen molar-refractivity contribution in [1.82, 2.24) is 0 Å². The maximum absolute atomic E-state index is 2.94. The van der Waals surface area contributed by atoms with Crippen molar-refractivity contribution in [2.24, 2.45) is 16.2 Å². The van der Waals surface area contributed by atoms with E-state index in [0.29, 0.717) is 3.63 Å². The largest absolute Gasteiger partial charge is 1.00 e. The van der Waals surface area contributed by atoms with Gasteiger partial charge in [0.25, 0.3) is 0 Å². The Morgan fingerprint density at radius 2 is 0.964 bits per heavy atom. The minimum atomic E-state index is -2.94. The van der Waals surface area contributed by atoms with Crippen molar-refractivity contribution in [3.05, 3.63) is 163 Å². The second kappa shape index (κ2) is 14.5. The molecule has 0 unspecified atom stereocenters. The van der Waals surface area contributed by atoms with E-state index in [-0.39, 0.29) is 51.9 Å². The smallest absolute Gasteiger partial charge is 1.00 e. The Morgan fingerprint density at radius 3 is 1.32 bits per heavy atom. The Hall–Kier alpha value is -2.83. The zero-order valence-electron chi connectivity index (χ0n) is 35.9. The van der Waals surface area contributed by atoms with Crippen LogP contribution in [0.15, 0.2) is 118 Å². The molecule has 0 aromatic heterocycles. The molecule has 0 saturated heterocycles. The van der Waals surface area contributed by atoms with Gasteiger partial charge in [-0.15, -0.1) is 0 Å². The SMILES string of the molecule is CC(C)(C)C1=CC[C]([Zr+2](=[C](c2ccccc2)c2ccccc2)[CH]2c3cc4c(cc3-c3cc5c(cc32)C(C)(C)C=C5C(C)(C)C)C(C(C)(C)C)=CC4(C)C)=C1.[Cl-].[Cl-]. The summed E-state index contributed by atoms with van der Waals surface area (Å²) in [6.45, 7) is 31.3. The fourth-order valence-electron chi connectivity index (χ4n) is 9.85. The summed E-state index contributed by atoms with van der Waals surface area (Å²) in [5.74, 6) is 0. The first-order valence-corrected chi connectivity index (χ1v) is 24.2. The topological polar surface area (TPSA) is 0 Å². The van der Waals surface area contributed by atoms with E-state index >= 15 is 0 Å². The summed E-state index contributed by atoms with van der Waals surface area (Å²) in [6, 6.07) is 33.7. The molecule has 4 aromatic rings. The fraction of sp³-hybridized carbons (Fsp3) is 0.377. The van der Waals surface area contributed by atoms with Crippen molar-refractivity contribution >= 4 is 14.4 Å². The van der Waals surface area contributed by atoms with E-state index in [0.717, 1.165) is 6.42 Å². The number of rotatable bonds is 4.